The normalized spacial score (nSPS) is 19.1. The third-order valence-corrected chi connectivity index (χ3v) is 2.39. The van der Waals surface area contributed by atoms with Crippen molar-refractivity contribution in [2.75, 3.05) is 39.3 Å². The quantitative estimate of drug-likeness (QED) is 0.421. The van der Waals surface area contributed by atoms with Crippen molar-refractivity contribution >= 4 is 5.91 Å². The van der Waals surface area contributed by atoms with Crippen LogP contribution in [0.25, 0.3) is 0 Å². The molecular weight excluding hydrogens is 168 g/mol. The Labute approximate surface area is 78.8 Å². The minimum atomic E-state index is 0.177. The number of carbonyl (C=O) groups excluding carboxylic acids is 1. The third-order valence-electron chi connectivity index (χ3n) is 2.39. The van der Waals surface area contributed by atoms with Crippen molar-refractivity contribution in [2.45, 2.75) is 6.92 Å². The van der Waals surface area contributed by atoms with Crippen LogP contribution in [0.15, 0.2) is 0 Å². The van der Waals surface area contributed by atoms with Crippen LogP contribution in [0.1, 0.15) is 6.92 Å². The molecule has 3 N–H and O–H groups in total. The Bertz CT molecular complexity index is 166. The molecule has 1 fully saturated rings. The predicted octanol–water partition coefficient (Wildman–Crippen LogP) is -1.39. The molecule has 0 unspecified atom stereocenters. The lowest BCUT2D eigenvalue weighted by atomic mass is 10.3. The Kier molecular flexibility index (Phi) is 4.14. The summed E-state index contributed by atoms with van der Waals surface area (Å²) in [5, 5.41) is 0. The van der Waals surface area contributed by atoms with Crippen molar-refractivity contribution < 1.29 is 4.79 Å². The van der Waals surface area contributed by atoms with E-state index in [0.717, 1.165) is 39.3 Å². The minimum absolute atomic E-state index is 0.177. The Morgan fingerprint density at radius 1 is 1.38 bits per heavy atom. The molecule has 5 nitrogen and oxygen atoms in total. The zero-order chi connectivity index (χ0) is 9.68. The monoisotopic (exact) mass is 186 g/mol. The largest absolute Gasteiger partial charge is 0.340 e. The molecule has 0 spiro atoms. The molecule has 0 bridgehead atoms. The SMILES string of the molecule is CC(=O)N1CCN(CCNN)CC1. The highest BCUT2D eigenvalue weighted by molar-refractivity contribution is 5.73. The summed E-state index contributed by atoms with van der Waals surface area (Å²) in [7, 11) is 0. The average Bonchev–Trinajstić information content (AvgIpc) is 2.15. The van der Waals surface area contributed by atoms with Crippen LogP contribution in [-0.4, -0.2) is 55.0 Å². The van der Waals surface area contributed by atoms with Gasteiger partial charge in [0.2, 0.25) is 5.91 Å². The summed E-state index contributed by atoms with van der Waals surface area (Å²) in [6.45, 7) is 7.00. The van der Waals surface area contributed by atoms with Crippen LogP contribution in [0.3, 0.4) is 0 Å². The highest BCUT2D eigenvalue weighted by Gasteiger charge is 2.17. The number of nitrogens with two attached hydrogens (primary N) is 1. The topological polar surface area (TPSA) is 61.6 Å². The summed E-state index contributed by atoms with van der Waals surface area (Å²) in [4.78, 5) is 15.2. The number of hydrogen-bond donors (Lipinski definition) is 2. The van der Waals surface area contributed by atoms with Gasteiger partial charge in [-0.1, -0.05) is 0 Å². The predicted molar refractivity (Wildman–Crippen MR) is 50.9 cm³/mol. The van der Waals surface area contributed by atoms with Gasteiger partial charge in [0.15, 0.2) is 0 Å². The molecule has 0 saturated carbocycles. The molecule has 1 rings (SSSR count). The number of hydrazine groups is 1. The number of hydrogen-bond acceptors (Lipinski definition) is 4. The van der Waals surface area contributed by atoms with Crippen LogP contribution in [0.5, 0.6) is 0 Å². The highest BCUT2D eigenvalue weighted by Crippen LogP contribution is 2.00. The van der Waals surface area contributed by atoms with Gasteiger partial charge < -0.3 is 4.90 Å². The van der Waals surface area contributed by atoms with E-state index < -0.39 is 0 Å². The van der Waals surface area contributed by atoms with E-state index in [2.05, 4.69) is 10.3 Å². The zero-order valence-corrected chi connectivity index (χ0v) is 8.12. The second-order valence-corrected chi connectivity index (χ2v) is 3.30. The van der Waals surface area contributed by atoms with Crippen LogP contribution < -0.4 is 11.3 Å². The lowest BCUT2D eigenvalue weighted by Crippen LogP contribution is -2.49. The van der Waals surface area contributed by atoms with Crippen LogP contribution in [0, 0.1) is 0 Å². The van der Waals surface area contributed by atoms with Gasteiger partial charge in [0, 0.05) is 46.2 Å². The molecule has 0 aromatic rings. The molecule has 1 aliphatic rings. The first-order valence-corrected chi connectivity index (χ1v) is 4.65. The molecular formula is C8H18N4O. The molecule has 1 aliphatic heterocycles. The number of carbonyl (C=O) groups is 1. The summed E-state index contributed by atoms with van der Waals surface area (Å²) in [5.41, 5.74) is 2.63. The maximum absolute atomic E-state index is 11.0. The Balaban J connectivity index is 2.18. The molecule has 0 radical (unpaired) electrons. The van der Waals surface area contributed by atoms with Crippen molar-refractivity contribution in [3.05, 3.63) is 0 Å². The fourth-order valence-corrected chi connectivity index (χ4v) is 1.51. The zero-order valence-electron chi connectivity index (χ0n) is 8.12. The molecule has 0 aromatic heterocycles. The van der Waals surface area contributed by atoms with Crippen LogP contribution in [0.2, 0.25) is 0 Å². The summed E-state index contributed by atoms with van der Waals surface area (Å²) >= 11 is 0. The van der Waals surface area contributed by atoms with E-state index in [1.165, 1.54) is 0 Å². The Hall–Kier alpha value is -0.650. The van der Waals surface area contributed by atoms with Crippen LogP contribution in [-0.2, 0) is 4.79 Å². The maximum Gasteiger partial charge on any atom is 0.219 e. The van der Waals surface area contributed by atoms with E-state index in [1.54, 1.807) is 6.92 Å². The lowest BCUT2D eigenvalue weighted by Gasteiger charge is -2.34. The van der Waals surface area contributed by atoms with Crippen molar-refractivity contribution in [3.8, 4) is 0 Å². The first kappa shape index (κ1) is 10.4. The summed E-state index contributed by atoms with van der Waals surface area (Å²) in [6.07, 6.45) is 0. The highest BCUT2D eigenvalue weighted by atomic mass is 16.2. The lowest BCUT2D eigenvalue weighted by molar-refractivity contribution is -0.130. The number of amides is 1. The van der Waals surface area contributed by atoms with E-state index in [4.69, 9.17) is 5.84 Å². The molecule has 1 heterocycles. The number of nitrogens with zero attached hydrogens (tertiary/aromatic N) is 2. The average molecular weight is 186 g/mol. The van der Waals surface area contributed by atoms with Crippen LogP contribution >= 0.6 is 0 Å². The fraction of sp³-hybridized carbons (Fsp3) is 0.875. The van der Waals surface area contributed by atoms with Gasteiger partial charge in [-0.2, -0.15) is 0 Å². The van der Waals surface area contributed by atoms with Gasteiger partial charge in [-0.3, -0.25) is 21.0 Å². The minimum Gasteiger partial charge on any atom is -0.340 e. The van der Waals surface area contributed by atoms with Gasteiger partial charge in [0.25, 0.3) is 0 Å². The van der Waals surface area contributed by atoms with E-state index in [0.29, 0.717) is 0 Å². The Morgan fingerprint density at radius 2 is 2.00 bits per heavy atom. The molecule has 0 aliphatic carbocycles. The fourth-order valence-electron chi connectivity index (χ4n) is 1.51. The van der Waals surface area contributed by atoms with Gasteiger partial charge >= 0.3 is 0 Å². The van der Waals surface area contributed by atoms with Crippen molar-refractivity contribution in [1.82, 2.24) is 15.2 Å². The molecule has 0 aromatic carbocycles. The molecule has 1 amide bonds. The van der Waals surface area contributed by atoms with Gasteiger partial charge in [0.1, 0.15) is 0 Å². The van der Waals surface area contributed by atoms with E-state index in [1.807, 2.05) is 4.90 Å². The summed E-state index contributed by atoms with van der Waals surface area (Å²) in [5.74, 6) is 5.36. The molecule has 5 heteroatoms. The first-order chi connectivity index (χ1) is 6.24. The maximum atomic E-state index is 11.0. The smallest absolute Gasteiger partial charge is 0.219 e. The third kappa shape index (κ3) is 3.30. The Morgan fingerprint density at radius 3 is 2.46 bits per heavy atom. The van der Waals surface area contributed by atoms with Gasteiger partial charge in [-0.25, -0.2) is 0 Å². The number of piperazine rings is 1. The van der Waals surface area contributed by atoms with Crippen LogP contribution in [0.4, 0.5) is 0 Å². The van der Waals surface area contributed by atoms with E-state index in [9.17, 15) is 4.79 Å². The molecule has 0 atom stereocenters. The molecule has 13 heavy (non-hydrogen) atoms. The van der Waals surface area contributed by atoms with E-state index in [-0.39, 0.29) is 5.91 Å². The van der Waals surface area contributed by atoms with Crippen molar-refractivity contribution in [3.63, 3.8) is 0 Å². The van der Waals surface area contributed by atoms with Crippen molar-refractivity contribution in [2.24, 2.45) is 5.84 Å². The number of nitrogens with one attached hydrogen (secondary N) is 1. The van der Waals surface area contributed by atoms with Crippen molar-refractivity contribution in [1.29, 1.82) is 0 Å². The molecule has 1 saturated heterocycles. The van der Waals surface area contributed by atoms with Gasteiger partial charge in [0.05, 0.1) is 0 Å². The standard InChI is InChI=1S/C8H18N4O/c1-8(13)12-6-4-11(5-7-12)3-2-10-9/h10H,2-7,9H2,1H3. The van der Waals surface area contributed by atoms with Gasteiger partial charge in [-0.15, -0.1) is 0 Å². The molecule has 76 valence electrons. The number of rotatable bonds is 3. The van der Waals surface area contributed by atoms with Gasteiger partial charge in [-0.05, 0) is 0 Å². The first-order valence-electron chi connectivity index (χ1n) is 4.65. The summed E-state index contributed by atoms with van der Waals surface area (Å²) in [6, 6.07) is 0. The summed E-state index contributed by atoms with van der Waals surface area (Å²) < 4.78 is 0. The second-order valence-electron chi connectivity index (χ2n) is 3.30. The second kappa shape index (κ2) is 5.16. The van der Waals surface area contributed by atoms with E-state index >= 15 is 0 Å².